The molecule has 0 amide bonds. The number of aliphatic hydroxyl groups is 1. The van der Waals surface area contributed by atoms with Crippen LogP contribution < -0.4 is 0 Å². The Kier molecular flexibility index (Phi) is 6.37. The number of aliphatic hydroxyl groups excluding tert-OH is 1. The molecular formula is C16H22O2. The summed E-state index contributed by atoms with van der Waals surface area (Å²) in [6.07, 6.45) is 4.00. The first-order chi connectivity index (χ1) is 8.63. The fraction of sp³-hybridized carbons (Fsp3) is 0.438. The SMILES string of the molecule is CCCCC(=O)C[C@H](O)/C(C)=C/c1ccccc1. The number of benzene rings is 1. The number of carbonyl (C=O) groups excluding carboxylic acids is 1. The molecule has 0 aromatic heterocycles. The molecule has 0 aliphatic carbocycles. The average Bonchev–Trinajstić information content (AvgIpc) is 2.37. The Balaban J connectivity index is 2.53. The summed E-state index contributed by atoms with van der Waals surface area (Å²) in [5.41, 5.74) is 1.89. The van der Waals surface area contributed by atoms with Gasteiger partial charge in [-0.25, -0.2) is 0 Å². The van der Waals surface area contributed by atoms with Gasteiger partial charge in [-0.3, -0.25) is 4.79 Å². The molecule has 1 N–H and O–H groups in total. The lowest BCUT2D eigenvalue weighted by Gasteiger charge is -2.10. The number of Topliss-reactive ketones (excluding diaryl/α,β-unsaturated/α-hetero) is 1. The summed E-state index contributed by atoms with van der Waals surface area (Å²) in [7, 11) is 0. The molecule has 1 aromatic rings. The summed E-state index contributed by atoms with van der Waals surface area (Å²) in [6.45, 7) is 3.93. The first-order valence-electron chi connectivity index (χ1n) is 6.56. The smallest absolute Gasteiger partial charge is 0.135 e. The normalized spacial score (nSPS) is 13.4. The highest BCUT2D eigenvalue weighted by molar-refractivity contribution is 5.79. The maximum Gasteiger partial charge on any atom is 0.135 e. The van der Waals surface area contributed by atoms with Crippen LogP contribution in [0.5, 0.6) is 0 Å². The molecule has 0 saturated heterocycles. The van der Waals surface area contributed by atoms with E-state index in [0.29, 0.717) is 6.42 Å². The molecule has 0 spiro atoms. The molecule has 0 fully saturated rings. The molecule has 0 unspecified atom stereocenters. The molecule has 18 heavy (non-hydrogen) atoms. The summed E-state index contributed by atoms with van der Waals surface area (Å²) in [5.74, 6) is 0.144. The molecule has 1 aromatic carbocycles. The summed E-state index contributed by atoms with van der Waals surface area (Å²) in [4.78, 5) is 11.6. The topological polar surface area (TPSA) is 37.3 Å². The van der Waals surface area contributed by atoms with E-state index in [-0.39, 0.29) is 12.2 Å². The largest absolute Gasteiger partial charge is 0.388 e. The minimum atomic E-state index is -0.658. The molecular weight excluding hydrogens is 224 g/mol. The van der Waals surface area contributed by atoms with Crippen LogP contribution in [-0.4, -0.2) is 17.0 Å². The zero-order chi connectivity index (χ0) is 13.4. The Morgan fingerprint density at radius 1 is 1.33 bits per heavy atom. The lowest BCUT2D eigenvalue weighted by atomic mass is 10.0. The Morgan fingerprint density at radius 2 is 2.00 bits per heavy atom. The Morgan fingerprint density at radius 3 is 2.61 bits per heavy atom. The zero-order valence-corrected chi connectivity index (χ0v) is 11.2. The van der Waals surface area contributed by atoms with Crippen molar-refractivity contribution in [2.24, 2.45) is 0 Å². The van der Waals surface area contributed by atoms with Gasteiger partial charge in [0.1, 0.15) is 5.78 Å². The Labute approximate surface area is 109 Å². The number of unbranched alkanes of at least 4 members (excludes halogenated alkanes) is 1. The first-order valence-corrected chi connectivity index (χ1v) is 6.56. The summed E-state index contributed by atoms with van der Waals surface area (Å²) in [5, 5.41) is 9.96. The van der Waals surface area contributed by atoms with Crippen molar-refractivity contribution >= 4 is 11.9 Å². The predicted octanol–water partition coefficient (Wildman–Crippen LogP) is 3.60. The van der Waals surface area contributed by atoms with Crippen molar-refractivity contribution in [2.45, 2.75) is 45.6 Å². The third kappa shape index (κ3) is 5.28. The van der Waals surface area contributed by atoms with E-state index in [2.05, 4.69) is 6.92 Å². The lowest BCUT2D eigenvalue weighted by Crippen LogP contribution is -2.14. The summed E-state index contributed by atoms with van der Waals surface area (Å²) < 4.78 is 0. The minimum absolute atomic E-state index is 0.144. The van der Waals surface area contributed by atoms with Crippen molar-refractivity contribution in [2.75, 3.05) is 0 Å². The molecule has 2 heteroatoms. The van der Waals surface area contributed by atoms with Crippen LogP contribution >= 0.6 is 0 Å². The van der Waals surface area contributed by atoms with E-state index in [9.17, 15) is 9.90 Å². The van der Waals surface area contributed by atoms with Crippen LogP contribution in [0.15, 0.2) is 35.9 Å². The maximum atomic E-state index is 11.6. The van der Waals surface area contributed by atoms with E-state index in [0.717, 1.165) is 24.0 Å². The van der Waals surface area contributed by atoms with Crippen LogP contribution in [-0.2, 0) is 4.79 Å². The van der Waals surface area contributed by atoms with Crippen molar-refractivity contribution in [3.63, 3.8) is 0 Å². The van der Waals surface area contributed by atoms with Crippen molar-refractivity contribution < 1.29 is 9.90 Å². The van der Waals surface area contributed by atoms with Gasteiger partial charge in [-0.2, -0.15) is 0 Å². The van der Waals surface area contributed by atoms with Crippen LogP contribution in [0.2, 0.25) is 0 Å². The third-order valence-electron chi connectivity index (χ3n) is 2.95. The van der Waals surface area contributed by atoms with Gasteiger partial charge in [0, 0.05) is 12.8 Å². The van der Waals surface area contributed by atoms with E-state index in [4.69, 9.17) is 0 Å². The van der Waals surface area contributed by atoms with Gasteiger partial charge in [-0.05, 0) is 24.5 Å². The second-order valence-corrected chi connectivity index (χ2v) is 4.66. The Bertz CT molecular complexity index is 393. The molecule has 0 heterocycles. The van der Waals surface area contributed by atoms with Gasteiger partial charge in [-0.15, -0.1) is 0 Å². The first kappa shape index (κ1) is 14.7. The number of rotatable bonds is 7. The number of hydrogen-bond donors (Lipinski definition) is 1. The third-order valence-corrected chi connectivity index (χ3v) is 2.95. The van der Waals surface area contributed by atoms with E-state index in [1.807, 2.05) is 43.3 Å². The van der Waals surface area contributed by atoms with Gasteiger partial charge < -0.3 is 5.11 Å². The van der Waals surface area contributed by atoms with Gasteiger partial charge in [0.15, 0.2) is 0 Å². The van der Waals surface area contributed by atoms with E-state index in [1.54, 1.807) is 0 Å². The highest BCUT2D eigenvalue weighted by Gasteiger charge is 2.11. The molecule has 0 aliphatic heterocycles. The molecule has 2 nitrogen and oxygen atoms in total. The van der Waals surface area contributed by atoms with Crippen LogP contribution in [0.4, 0.5) is 0 Å². The average molecular weight is 246 g/mol. The van der Waals surface area contributed by atoms with E-state index >= 15 is 0 Å². The highest BCUT2D eigenvalue weighted by atomic mass is 16.3. The second kappa shape index (κ2) is 7.83. The Hall–Kier alpha value is -1.41. The molecule has 1 rings (SSSR count). The van der Waals surface area contributed by atoms with Gasteiger partial charge in [0.2, 0.25) is 0 Å². The van der Waals surface area contributed by atoms with Crippen LogP contribution in [0, 0.1) is 0 Å². The van der Waals surface area contributed by atoms with Gasteiger partial charge in [-0.1, -0.05) is 49.8 Å². The standard InChI is InChI=1S/C16H22O2/c1-3-4-10-15(17)12-16(18)13(2)11-14-8-6-5-7-9-14/h5-9,11,16,18H,3-4,10,12H2,1-2H3/b13-11+/t16-/m0/s1. The number of hydrogen-bond acceptors (Lipinski definition) is 2. The molecule has 0 aliphatic rings. The van der Waals surface area contributed by atoms with Gasteiger partial charge in [0.05, 0.1) is 6.10 Å². The lowest BCUT2D eigenvalue weighted by molar-refractivity contribution is -0.120. The quantitative estimate of drug-likeness (QED) is 0.798. The molecule has 0 saturated carbocycles. The summed E-state index contributed by atoms with van der Waals surface area (Å²) >= 11 is 0. The predicted molar refractivity (Wildman–Crippen MR) is 75.2 cm³/mol. The minimum Gasteiger partial charge on any atom is -0.388 e. The zero-order valence-electron chi connectivity index (χ0n) is 11.2. The molecule has 0 bridgehead atoms. The summed E-state index contributed by atoms with van der Waals surface area (Å²) in [6, 6.07) is 9.83. The van der Waals surface area contributed by atoms with Gasteiger partial charge in [0.25, 0.3) is 0 Å². The van der Waals surface area contributed by atoms with E-state index in [1.165, 1.54) is 0 Å². The molecule has 0 radical (unpaired) electrons. The molecule has 98 valence electrons. The number of ketones is 1. The second-order valence-electron chi connectivity index (χ2n) is 4.66. The van der Waals surface area contributed by atoms with Crippen LogP contribution in [0.3, 0.4) is 0 Å². The van der Waals surface area contributed by atoms with Crippen LogP contribution in [0.1, 0.15) is 45.1 Å². The fourth-order valence-corrected chi connectivity index (χ4v) is 1.76. The number of carbonyl (C=O) groups is 1. The van der Waals surface area contributed by atoms with E-state index < -0.39 is 6.10 Å². The highest BCUT2D eigenvalue weighted by Crippen LogP contribution is 2.13. The van der Waals surface area contributed by atoms with Crippen molar-refractivity contribution in [3.8, 4) is 0 Å². The maximum absolute atomic E-state index is 11.6. The molecule has 1 atom stereocenters. The van der Waals surface area contributed by atoms with Crippen molar-refractivity contribution in [1.29, 1.82) is 0 Å². The van der Waals surface area contributed by atoms with Gasteiger partial charge >= 0.3 is 0 Å². The van der Waals surface area contributed by atoms with Crippen LogP contribution in [0.25, 0.3) is 6.08 Å². The van der Waals surface area contributed by atoms with Crippen molar-refractivity contribution in [3.05, 3.63) is 41.5 Å². The fourth-order valence-electron chi connectivity index (χ4n) is 1.76. The monoisotopic (exact) mass is 246 g/mol. The van der Waals surface area contributed by atoms with Crippen molar-refractivity contribution in [1.82, 2.24) is 0 Å².